The molecule has 0 unspecified atom stereocenters. The lowest BCUT2D eigenvalue weighted by Crippen LogP contribution is -2.42. The van der Waals surface area contributed by atoms with Crippen LogP contribution in [0.4, 0.5) is 11.5 Å². The van der Waals surface area contributed by atoms with Crippen LogP contribution in [0.5, 0.6) is 0 Å². The molecule has 0 saturated heterocycles. The summed E-state index contributed by atoms with van der Waals surface area (Å²) in [6.45, 7) is 0. The highest BCUT2D eigenvalue weighted by molar-refractivity contribution is 7.98. The lowest BCUT2D eigenvalue weighted by Gasteiger charge is -2.20. The Kier molecular flexibility index (Phi) is 9.45. The van der Waals surface area contributed by atoms with Crippen molar-refractivity contribution in [3.8, 4) is 11.1 Å². The van der Waals surface area contributed by atoms with E-state index in [1.807, 2.05) is 12.3 Å². The summed E-state index contributed by atoms with van der Waals surface area (Å²) in [6.07, 6.45) is 3.91. The predicted molar refractivity (Wildman–Crippen MR) is 140 cm³/mol. The maximum Gasteiger partial charge on any atom is 0.328 e. The zero-order valence-corrected chi connectivity index (χ0v) is 20.9. The summed E-state index contributed by atoms with van der Waals surface area (Å²) in [5.41, 5.74) is 2.01. The molecule has 8 nitrogen and oxygen atoms in total. The van der Waals surface area contributed by atoms with Gasteiger partial charge < -0.3 is 15.4 Å². The molecule has 0 aliphatic rings. The smallest absolute Gasteiger partial charge is 0.328 e. The number of nitrogens with zero attached hydrogens (tertiary/aromatic N) is 1. The van der Waals surface area contributed by atoms with Gasteiger partial charge in [-0.15, -0.1) is 0 Å². The Bertz CT molecular complexity index is 1310. The number of hydrogen-bond donors (Lipinski definition) is 2. The quantitative estimate of drug-likeness (QED) is 0.314. The SMILES string of the molecule is COC(=O)[C@H](CCSC)NC(=O)c1ccc(Nc2ccccn2)c(C=S(=O)=O)c1-c1ccccc1. The first kappa shape index (κ1) is 26.0. The molecule has 10 heteroatoms. The van der Waals surface area contributed by atoms with Gasteiger partial charge >= 0.3 is 5.97 Å². The van der Waals surface area contributed by atoms with E-state index < -0.39 is 28.2 Å². The zero-order valence-electron chi connectivity index (χ0n) is 19.2. The molecule has 0 spiro atoms. The standard InChI is InChI=1S/C25H25N3O5S2/c1-33-25(30)21(13-15-34-2)28-24(29)18-11-12-20(27-22-10-6-7-14-26-22)19(16-35(31)32)23(18)17-8-4-3-5-9-17/h3-12,14,16,21H,13,15H2,1-2H3,(H,26,27)(H,28,29)/t21-/m0/s1. The third kappa shape index (κ3) is 6.93. The van der Waals surface area contributed by atoms with E-state index in [1.165, 1.54) is 7.11 Å². The molecule has 0 bridgehead atoms. The Labute approximate surface area is 209 Å². The fourth-order valence-electron chi connectivity index (χ4n) is 3.49. The first-order valence-electron chi connectivity index (χ1n) is 10.7. The molecule has 0 radical (unpaired) electrons. The summed E-state index contributed by atoms with van der Waals surface area (Å²) >= 11 is 1.55. The molecule has 1 amide bonds. The van der Waals surface area contributed by atoms with Crippen molar-refractivity contribution in [3.63, 3.8) is 0 Å². The maximum atomic E-state index is 13.4. The van der Waals surface area contributed by atoms with Crippen molar-refractivity contribution in [1.29, 1.82) is 0 Å². The largest absolute Gasteiger partial charge is 0.467 e. The molecule has 0 saturated carbocycles. The van der Waals surface area contributed by atoms with E-state index in [2.05, 4.69) is 15.6 Å². The van der Waals surface area contributed by atoms with Gasteiger partial charge in [0.25, 0.3) is 5.91 Å². The predicted octanol–water partition coefficient (Wildman–Crippen LogP) is 3.55. The molecule has 3 rings (SSSR count). The van der Waals surface area contributed by atoms with Crippen molar-refractivity contribution in [2.75, 3.05) is 24.4 Å². The highest BCUT2D eigenvalue weighted by atomic mass is 32.2. The van der Waals surface area contributed by atoms with Gasteiger partial charge in [0.15, 0.2) is 0 Å². The van der Waals surface area contributed by atoms with Gasteiger partial charge in [0.1, 0.15) is 11.9 Å². The number of anilines is 2. The average molecular weight is 512 g/mol. The first-order valence-corrected chi connectivity index (χ1v) is 13.2. The Morgan fingerprint density at radius 2 is 1.83 bits per heavy atom. The average Bonchev–Trinajstić information content (AvgIpc) is 2.87. The van der Waals surface area contributed by atoms with Gasteiger partial charge in [-0.25, -0.2) is 9.78 Å². The second-order valence-corrected chi connectivity index (χ2v) is 9.11. The number of benzene rings is 2. The van der Waals surface area contributed by atoms with Gasteiger partial charge in [-0.05, 0) is 48.3 Å². The molecule has 0 aliphatic heterocycles. The number of carbonyl (C=O) groups excluding carboxylic acids is 2. The zero-order chi connectivity index (χ0) is 25.2. The second-order valence-electron chi connectivity index (χ2n) is 7.36. The van der Waals surface area contributed by atoms with Gasteiger partial charge in [-0.3, -0.25) is 4.79 Å². The molecule has 1 atom stereocenters. The van der Waals surface area contributed by atoms with Crippen LogP contribution in [-0.2, 0) is 19.8 Å². The Morgan fingerprint density at radius 1 is 1.09 bits per heavy atom. The molecule has 182 valence electrons. The van der Waals surface area contributed by atoms with E-state index in [0.29, 0.717) is 40.4 Å². The Hall–Kier alpha value is -3.63. The summed E-state index contributed by atoms with van der Waals surface area (Å²) in [7, 11) is -1.29. The summed E-state index contributed by atoms with van der Waals surface area (Å²) in [4.78, 5) is 29.9. The monoisotopic (exact) mass is 511 g/mol. The topological polar surface area (TPSA) is 114 Å². The minimum absolute atomic E-state index is 0.220. The highest BCUT2D eigenvalue weighted by Gasteiger charge is 2.25. The number of pyridine rings is 1. The summed E-state index contributed by atoms with van der Waals surface area (Å²) in [5, 5.41) is 6.93. The fourth-order valence-corrected chi connectivity index (χ4v) is 4.40. The number of rotatable bonds is 10. The molecule has 2 N–H and O–H groups in total. The molecule has 3 aromatic rings. The number of esters is 1. The number of hydrogen-bond acceptors (Lipinski definition) is 8. The van der Waals surface area contributed by atoms with Crippen LogP contribution in [0.2, 0.25) is 0 Å². The highest BCUT2D eigenvalue weighted by Crippen LogP contribution is 2.33. The van der Waals surface area contributed by atoms with E-state index in [4.69, 9.17) is 4.74 Å². The first-order chi connectivity index (χ1) is 16.9. The third-order valence-corrected chi connectivity index (χ3v) is 6.17. The molecule has 35 heavy (non-hydrogen) atoms. The molecule has 1 aromatic heterocycles. The number of amides is 1. The van der Waals surface area contributed by atoms with E-state index >= 15 is 0 Å². The molecular formula is C25H25N3O5S2. The van der Waals surface area contributed by atoms with Gasteiger partial charge in [0, 0.05) is 28.6 Å². The maximum absolute atomic E-state index is 13.4. The number of ether oxygens (including phenoxy) is 1. The van der Waals surface area contributed by atoms with Crippen molar-refractivity contribution in [1.82, 2.24) is 10.3 Å². The summed E-state index contributed by atoms with van der Waals surface area (Å²) in [6, 6.07) is 16.7. The Morgan fingerprint density at radius 3 is 2.46 bits per heavy atom. The van der Waals surface area contributed by atoms with Gasteiger partial charge in [-0.2, -0.15) is 20.2 Å². The molecule has 0 fully saturated rings. The minimum atomic E-state index is -2.56. The molecule has 2 aromatic carbocycles. The lowest BCUT2D eigenvalue weighted by molar-refractivity contribution is -0.142. The minimum Gasteiger partial charge on any atom is -0.467 e. The van der Waals surface area contributed by atoms with Crippen LogP contribution in [0.25, 0.3) is 11.1 Å². The van der Waals surface area contributed by atoms with Crippen molar-refractivity contribution in [3.05, 3.63) is 78.0 Å². The van der Waals surface area contributed by atoms with E-state index in [9.17, 15) is 18.0 Å². The van der Waals surface area contributed by atoms with E-state index in [-0.39, 0.29) is 5.56 Å². The summed E-state index contributed by atoms with van der Waals surface area (Å²) < 4.78 is 28.5. The van der Waals surface area contributed by atoms with Crippen LogP contribution in [0.1, 0.15) is 22.3 Å². The number of methoxy groups -OCH3 is 1. The second kappa shape index (κ2) is 12.7. The fraction of sp³-hybridized carbons (Fsp3) is 0.200. The molecular weight excluding hydrogens is 486 g/mol. The van der Waals surface area contributed by atoms with Crippen molar-refractivity contribution in [2.24, 2.45) is 0 Å². The number of carbonyl (C=O) groups is 2. The van der Waals surface area contributed by atoms with Crippen LogP contribution in [0, 0.1) is 0 Å². The van der Waals surface area contributed by atoms with Gasteiger partial charge in [0.05, 0.1) is 12.5 Å². The molecule has 0 aliphatic carbocycles. The van der Waals surface area contributed by atoms with Gasteiger partial charge in [-0.1, -0.05) is 36.4 Å². The Balaban J connectivity index is 2.16. The van der Waals surface area contributed by atoms with Crippen LogP contribution < -0.4 is 10.6 Å². The van der Waals surface area contributed by atoms with Crippen molar-refractivity contribution >= 4 is 50.8 Å². The van der Waals surface area contributed by atoms with Crippen molar-refractivity contribution in [2.45, 2.75) is 12.5 Å². The number of aromatic nitrogens is 1. The van der Waals surface area contributed by atoms with Crippen LogP contribution in [-0.4, -0.2) is 55.8 Å². The molecule has 1 heterocycles. The third-order valence-electron chi connectivity index (χ3n) is 5.10. The van der Waals surface area contributed by atoms with E-state index in [1.54, 1.807) is 72.6 Å². The van der Waals surface area contributed by atoms with E-state index in [0.717, 1.165) is 5.37 Å². The van der Waals surface area contributed by atoms with Gasteiger partial charge in [0.2, 0.25) is 10.3 Å². The summed E-state index contributed by atoms with van der Waals surface area (Å²) in [5.74, 6) is 0.0932. The lowest BCUT2D eigenvalue weighted by atomic mass is 9.93. The van der Waals surface area contributed by atoms with Crippen LogP contribution >= 0.6 is 11.8 Å². The number of thioether (sulfide) groups is 1. The normalized spacial score (nSPS) is 11.3. The number of nitrogens with one attached hydrogen (secondary N) is 2. The van der Waals surface area contributed by atoms with Crippen molar-refractivity contribution < 1.29 is 22.7 Å². The van der Waals surface area contributed by atoms with Crippen LogP contribution in [0.3, 0.4) is 0 Å². The van der Waals surface area contributed by atoms with Crippen LogP contribution in [0.15, 0.2) is 66.9 Å².